The lowest BCUT2D eigenvalue weighted by Crippen LogP contribution is -2.29. The number of amides is 1. The van der Waals surface area contributed by atoms with E-state index in [1.807, 2.05) is 54.3 Å². The van der Waals surface area contributed by atoms with Crippen LogP contribution in [-0.4, -0.2) is 30.5 Å². The molecule has 0 unspecified atom stereocenters. The maximum absolute atomic E-state index is 12.5. The average molecular weight is 363 g/mol. The predicted octanol–water partition coefficient (Wildman–Crippen LogP) is 3.64. The van der Waals surface area contributed by atoms with E-state index in [9.17, 15) is 9.59 Å². The maximum Gasteiger partial charge on any atom is 0.336 e. The number of aryl methyl sites for hydroxylation is 1. The number of carbonyl (C=O) groups excluding carboxylic acids is 1. The van der Waals surface area contributed by atoms with Crippen LogP contribution in [0, 0.1) is 12.8 Å². The first-order valence-electron chi connectivity index (χ1n) is 9.12. The Bertz CT molecular complexity index is 1030. The van der Waals surface area contributed by atoms with Gasteiger partial charge in [0, 0.05) is 42.1 Å². The summed E-state index contributed by atoms with van der Waals surface area (Å²) in [6.45, 7) is 3.85. The van der Waals surface area contributed by atoms with Gasteiger partial charge in [-0.25, -0.2) is 4.79 Å². The smallest absolute Gasteiger partial charge is 0.336 e. The van der Waals surface area contributed by atoms with E-state index in [-0.39, 0.29) is 17.5 Å². The third-order valence-corrected chi connectivity index (χ3v) is 5.00. The second-order valence-electron chi connectivity index (χ2n) is 6.99. The molecule has 2 aromatic carbocycles. The molecule has 1 fully saturated rings. The zero-order valence-electron chi connectivity index (χ0n) is 15.2. The van der Waals surface area contributed by atoms with Gasteiger partial charge in [-0.3, -0.25) is 4.79 Å². The molecule has 1 aliphatic rings. The Kier molecular flexibility index (Phi) is 4.67. The Morgan fingerprint density at radius 3 is 2.81 bits per heavy atom. The fourth-order valence-electron chi connectivity index (χ4n) is 3.53. The molecule has 0 bridgehead atoms. The van der Waals surface area contributed by atoms with Crippen molar-refractivity contribution < 1.29 is 13.9 Å². The normalized spacial score (nSPS) is 16.6. The van der Waals surface area contributed by atoms with Crippen LogP contribution < -0.4 is 10.4 Å². The Morgan fingerprint density at radius 1 is 1.19 bits per heavy atom. The maximum atomic E-state index is 12.5. The molecule has 0 N–H and O–H groups in total. The minimum absolute atomic E-state index is 0.0704. The summed E-state index contributed by atoms with van der Waals surface area (Å²) >= 11 is 0. The number of carbonyl (C=O) groups is 1. The number of ether oxygens (including phenoxy) is 1. The van der Waals surface area contributed by atoms with Gasteiger partial charge < -0.3 is 14.1 Å². The van der Waals surface area contributed by atoms with Crippen LogP contribution in [0.2, 0.25) is 0 Å². The van der Waals surface area contributed by atoms with E-state index < -0.39 is 0 Å². The number of hydrogen-bond acceptors (Lipinski definition) is 4. The molecule has 5 heteroatoms. The van der Waals surface area contributed by atoms with E-state index in [0.717, 1.165) is 29.5 Å². The summed E-state index contributed by atoms with van der Waals surface area (Å²) in [5.41, 5.74) is 1.78. The number of nitrogens with zero attached hydrogens (tertiary/aromatic N) is 1. The van der Waals surface area contributed by atoms with Crippen molar-refractivity contribution in [3.63, 3.8) is 0 Å². The highest BCUT2D eigenvalue weighted by molar-refractivity contribution is 5.94. The number of fused-ring (bicyclic) bond motifs is 1. The molecule has 1 saturated heterocycles. The second kappa shape index (κ2) is 7.27. The highest BCUT2D eigenvalue weighted by atomic mass is 16.5. The second-order valence-corrected chi connectivity index (χ2v) is 6.99. The quantitative estimate of drug-likeness (QED) is 0.664. The van der Waals surface area contributed by atoms with Crippen molar-refractivity contribution in [3.8, 4) is 5.75 Å². The number of benzene rings is 2. The highest BCUT2D eigenvalue weighted by Crippen LogP contribution is 2.24. The van der Waals surface area contributed by atoms with E-state index >= 15 is 0 Å². The van der Waals surface area contributed by atoms with Gasteiger partial charge in [-0.2, -0.15) is 0 Å². The van der Waals surface area contributed by atoms with Crippen molar-refractivity contribution in [1.29, 1.82) is 0 Å². The molecule has 138 valence electrons. The molecule has 27 heavy (non-hydrogen) atoms. The van der Waals surface area contributed by atoms with Gasteiger partial charge in [0.25, 0.3) is 5.91 Å². The van der Waals surface area contributed by atoms with Crippen LogP contribution in [0.15, 0.2) is 63.8 Å². The fraction of sp³-hybridized carbons (Fsp3) is 0.273. The molecule has 0 spiro atoms. The Labute approximate surface area is 157 Å². The molecule has 3 aromatic rings. The highest BCUT2D eigenvalue weighted by Gasteiger charge is 2.27. The Hall–Kier alpha value is -3.08. The minimum Gasteiger partial charge on any atom is -0.493 e. The van der Waals surface area contributed by atoms with Crippen molar-refractivity contribution in [1.82, 2.24) is 4.90 Å². The minimum atomic E-state index is -0.358. The van der Waals surface area contributed by atoms with Crippen LogP contribution in [0.1, 0.15) is 22.3 Å². The summed E-state index contributed by atoms with van der Waals surface area (Å²) in [5.74, 6) is 1.03. The van der Waals surface area contributed by atoms with Crippen LogP contribution in [-0.2, 0) is 0 Å². The van der Waals surface area contributed by atoms with Crippen molar-refractivity contribution in [2.75, 3.05) is 19.7 Å². The van der Waals surface area contributed by atoms with Crippen molar-refractivity contribution in [2.24, 2.45) is 5.92 Å². The average Bonchev–Trinajstić information content (AvgIpc) is 3.15. The summed E-state index contributed by atoms with van der Waals surface area (Å²) in [4.78, 5) is 26.0. The molecule has 1 aromatic heterocycles. The third kappa shape index (κ3) is 3.72. The van der Waals surface area contributed by atoms with Gasteiger partial charge in [0.15, 0.2) is 0 Å². The summed E-state index contributed by atoms with van der Waals surface area (Å²) in [6.07, 6.45) is 0.917. The molecule has 4 rings (SSSR count). The lowest BCUT2D eigenvalue weighted by atomic mass is 10.1. The van der Waals surface area contributed by atoms with Crippen molar-refractivity contribution >= 4 is 16.9 Å². The first-order valence-corrected chi connectivity index (χ1v) is 9.12. The summed E-state index contributed by atoms with van der Waals surface area (Å²) < 4.78 is 11.2. The molecule has 0 aliphatic carbocycles. The first kappa shape index (κ1) is 17.3. The zero-order chi connectivity index (χ0) is 18.8. The van der Waals surface area contributed by atoms with Crippen LogP contribution in [0.3, 0.4) is 0 Å². The van der Waals surface area contributed by atoms with Gasteiger partial charge in [0.2, 0.25) is 0 Å². The molecule has 5 nitrogen and oxygen atoms in total. The number of rotatable bonds is 4. The molecule has 1 atom stereocenters. The predicted molar refractivity (Wildman–Crippen MR) is 103 cm³/mol. The lowest BCUT2D eigenvalue weighted by Gasteiger charge is -2.17. The zero-order valence-corrected chi connectivity index (χ0v) is 15.2. The summed E-state index contributed by atoms with van der Waals surface area (Å²) in [6, 6.07) is 16.4. The van der Waals surface area contributed by atoms with Gasteiger partial charge in [-0.1, -0.05) is 18.2 Å². The van der Waals surface area contributed by atoms with Crippen LogP contribution in [0.4, 0.5) is 0 Å². The van der Waals surface area contributed by atoms with Gasteiger partial charge in [0.1, 0.15) is 11.3 Å². The van der Waals surface area contributed by atoms with Gasteiger partial charge in [0.05, 0.1) is 6.61 Å². The number of hydrogen-bond donors (Lipinski definition) is 0. The first-order chi connectivity index (χ1) is 13.1. The topological polar surface area (TPSA) is 59.8 Å². The molecular weight excluding hydrogens is 342 g/mol. The lowest BCUT2D eigenvalue weighted by molar-refractivity contribution is 0.0783. The van der Waals surface area contributed by atoms with Gasteiger partial charge in [-0.05, 0) is 43.2 Å². The van der Waals surface area contributed by atoms with Gasteiger partial charge >= 0.3 is 5.63 Å². The third-order valence-electron chi connectivity index (χ3n) is 5.00. The summed E-state index contributed by atoms with van der Waals surface area (Å²) in [5, 5.41) is 0.905. The monoisotopic (exact) mass is 363 g/mol. The Morgan fingerprint density at radius 2 is 2.00 bits per heavy atom. The van der Waals surface area contributed by atoms with Crippen LogP contribution in [0.5, 0.6) is 5.75 Å². The molecule has 2 heterocycles. The molecular formula is C22H21NO4. The van der Waals surface area contributed by atoms with Crippen LogP contribution in [0.25, 0.3) is 11.0 Å². The summed E-state index contributed by atoms with van der Waals surface area (Å²) in [7, 11) is 0. The molecule has 0 saturated carbocycles. The Balaban J connectivity index is 1.39. The van der Waals surface area contributed by atoms with Crippen LogP contribution >= 0.6 is 0 Å². The SMILES string of the molecule is Cc1cc(=O)oc2cc(OC[C@H]3CCN(C(=O)c4ccccc4)C3)ccc12. The number of likely N-dealkylation sites (tertiary alicyclic amines) is 1. The largest absolute Gasteiger partial charge is 0.493 e. The molecule has 1 aliphatic heterocycles. The fourth-order valence-corrected chi connectivity index (χ4v) is 3.53. The van der Waals surface area contributed by atoms with Gasteiger partial charge in [-0.15, -0.1) is 0 Å². The van der Waals surface area contributed by atoms with E-state index in [1.165, 1.54) is 6.07 Å². The van der Waals surface area contributed by atoms with E-state index in [4.69, 9.17) is 9.15 Å². The van der Waals surface area contributed by atoms with E-state index in [0.29, 0.717) is 24.5 Å². The van der Waals surface area contributed by atoms with E-state index in [2.05, 4.69) is 0 Å². The van der Waals surface area contributed by atoms with E-state index in [1.54, 1.807) is 6.07 Å². The molecule has 1 amide bonds. The standard InChI is InChI=1S/C22H21NO4/c1-15-11-21(24)27-20-12-18(7-8-19(15)20)26-14-16-9-10-23(13-16)22(25)17-5-3-2-4-6-17/h2-8,11-12,16H,9-10,13-14H2,1H3/t16-/m0/s1. The molecule has 0 radical (unpaired) electrons. The van der Waals surface area contributed by atoms with Crippen molar-refractivity contribution in [3.05, 3.63) is 76.1 Å². The van der Waals surface area contributed by atoms with Crippen molar-refractivity contribution in [2.45, 2.75) is 13.3 Å².